The van der Waals surface area contributed by atoms with Crippen molar-refractivity contribution < 1.29 is 14.3 Å². The minimum atomic E-state index is -0.231. The van der Waals surface area contributed by atoms with E-state index in [-0.39, 0.29) is 18.6 Å². The molecule has 0 saturated carbocycles. The number of imidazole rings is 1. The predicted octanol–water partition coefficient (Wildman–Crippen LogP) is 2.63. The van der Waals surface area contributed by atoms with Crippen LogP contribution in [0.2, 0.25) is 0 Å². The van der Waals surface area contributed by atoms with Gasteiger partial charge in [-0.25, -0.2) is 9.50 Å². The molecule has 130 valence electrons. The molecule has 1 N–H and O–H groups in total. The van der Waals surface area contributed by atoms with Gasteiger partial charge in [0.2, 0.25) is 5.91 Å². The third-order valence-electron chi connectivity index (χ3n) is 4.81. The lowest BCUT2D eigenvalue weighted by atomic mass is 10.2. The lowest BCUT2D eigenvalue weighted by Crippen LogP contribution is -2.36. The van der Waals surface area contributed by atoms with Crippen molar-refractivity contribution in [2.45, 2.75) is 18.9 Å². The van der Waals surface area contributed by atoms with E-state index in [4.69, 9.17) is 4.42 Å². The van der Waals surface area contributed by atoms with Crippen LogP contribution in [-0.4, -0.2) is 38.3 Å². The Morgan fingerprint density at radius 1 is 1.23 bits per heavy atom. The molecule has 1 saturated heterocycles. The van der Waals surface area contributed by atoms with Crippen molar-refractivity contribution in [2.75, 3.05) is 11.5 Å². The van der Waals surface area contributed by atoms with Gasteiger partial charge in [0.1, 0.15) is 11.3 Å². The minimum absolute atomic E-state index is 0.0266. The number of furan rings is 1. The quantitative estimate of drug-likeness (QED) is 0.615. The highest BCUT2D eigenvalue weighted by molar-refractivity contribution is 5.95. The van der Waals surface area contributed by atoms with Gasteiger partial charge in [-0.05, 0) is 30.7 Å². The van der Waals surface area contributed by atoms with Gasteiger partial charge in [0, 0.05) is 11.8 Å². The van der Waals surface area contributed by atoms with E-state index in [0.29, 0.717) is 35.8 Å². The van der Waals surface area contributed by atoms with Crippen LogP contribution < -0.4 is 4.90 Å². The third-order valence-corrected chi connectivity index (χ3v) is 4.81. The molecule has 0 bridgehead atoms. The fraction of sp³-hybridized carbons (Fsp3) is 0.211. The molecule has 7 nitrogen and oxygen atoms in total. The van der Waals surface area contributed by atoms with Crippen LogP contribution >= 0.6 is 0 Å². The Kier molecular flexibility index (Phi) is 3.29. The molecule has 1 unspecified atom stereocenters. The van der Waals surface area contributed by atoms with Crippen molar-refractivity contribution in [1.29, 1.82) is 0 Å². The predicted molar refractivity (Wildman–Crippen MR) is 95.8 cm³/mol. The number of hydrogen-bond acceptors (Lipinski definition) is 5. The first-order valence-corrected chi connectivity index (χ1v) is 8.51. The fourth-order valence-electron chi connectivity index (χ4n) is 3.50. The number of carbonyl (C=O) groups excluding carboxylic acids is 1. The summed E-state index contributed by atoms with van der Waals surface area (Å²) in [6, 6.07) is 13.1. The minimum Gasteiger partial charge on any atom is -0.454 e. The molecule has 1 atom stereocenters. The summed E-state index contributed by atoms with van der Waals surface area (Å²) in [6.07, 6.45) is 2.76. The fourth-order valence-corrected chi connectivity index (χ4v) is 3.50. The number of para-hydroxylation sites is 1. The van der Waals surface area contributed by atoms with Crippen molar-refractivity contribution in [3.05, 3.63) is 48.7 Å². The molecule has 4 aromatic rings. The number of benzene rings is 1. The van der Waals surface area contributed by atoms with Crippen molar-refractivity contribution in [2.24, 2.45) is 0 Å². The Labute approximate surface area is 148 Å². The van der Waals surface area contributed by atoms with E-state index < -0.39 is 0 Å². The highest BCUT2D eigenvalue weighted by atomic mass is 16.3. The van der Waals surface area contributed by atoms with Gasteiger partial charge < -0.3 is 9.52 Å². The molecular formula is C19H16N4O3. The molecule has 1 aromatic carbocycles. The van der Waals surface area contributed by atoms with Crippen molar-refractivity contribution >= 4 is 28.3 Å². The van der Waals surface area contributed by atoms with Crippen molar-refractivity contribution in [3.63, 3.8) is 0 Å². The van der Waals surface area contributed by atoms with Crippen LogP contribution in [0.1, 0.15) is 12.8 Å². The van der Waals surface area contributed by atoms with Gasteiger partial charge in [-0.15, -0.1) is 5.10 Å². The van der Waals surface area contributed by atoms with E-state index in [1.54, 1.807) is 21.7 Å². The van der Waals surface area contributed by atoms with E-state index in [2.05, 4.69) is 10.1 Å². The van der Waals surface area contributed by atoms with Crippen molar-refractivity contribution in [1.82, 2.24) is 14.6 Å². The molecule has 7 heteroatoms. The Bertz CT molecular complexity index is 1100. The van der Waals surface area contributed by atoms with Crippen LogP contribution in [-0.2, 0) is 4.79 Å². The highest BCUT2D eigenvalue weighted by Gasteiger charge is 2.32. The maximum absolute atomic E-state index is 12.2. The number of amides is 1. The molecular weight excluding hydrogens is 332 g/mol. The molecule has 26 heavy (non-hydrogen) atoms. The van der Waals surface area contributed by atoms with E-state index in [1.165, 1.54) is 0 Å². The number of carbonyl (C=O) groups is 1. The van der Waals surface area contributed by atoms with Crippen LogP contribution in [0, 0.1) is 0 Å². The summed E-state index contributed by atoms with van der Waals surface area (Å²) in [5, 5.41) is 15.2. The largest absolute Gasteiger partial charge is 0.454 e. The first-order chi connectivity index (χ1) is 12.7. The smallest absolute Gasteiger partial charge is 0.228 e. The van der Waals surface area contributed by atoms with Crippen LogP contribution in [0.25, 0.3) is 28.1 Å². The van der Waals surface area contributed by atoms with Crippen LogP contribution in [0.3, 0.4) is 0 Å². The number of hydrogen-bond donors (Lipinski definition) is 1. The van der Waals surface area contributed by atoms with Crippen LogP contribution in [0.4, 0.5) is 5.82 Å². The summed E-state index contributed by atoms with van der Waals surface area (Å²) in [7, 11) is 0. The number of fused-ring (bicyclic) bond motifs is 2. The Morgan fingerprint density at radius 2 is 2.12 bits per heavy atom. The normalized spacial score (nSPS) is 17.7. The summed E-state index contributed by atoms with van der Waals surface area (Å²) in [4.78, 5) is 18.2. The molecule has 1 amide bonds. The van der Waals surface area contributed by atoms with E-state index >= 15 is 0 Å². The molecule has 4 heterocycles. The van der Waals surface area contributed by atoms with Crippen LogP contribution in [0.5, 0.6) is 0 Å². The Balaban J connectivity index is 1.64. The van der Waals surface area contributed by atoms with E-state index in [1.807, 2.05) is 36.4 Å². The lowest BCUT2D eigenvalue weighted by molar-refractivity contribution is -0.117. The number of nitrogens with zero attached hydrogens (tertiary/aromatic N) is 4. The first kappa shape index (κ1) is 15.1. The molecule has 1 aliphatic rings. The van der Waals surface area contributed by atoms with Gasteiger partial charge in [0.15, 0.2) is 17.2 Å². The molecule has 3 aromatic heterocycles. The topological polar surface area (TPSA) is 83.9 Å². The second-order valence-electron chi connectivity index (χ2n) is 6.39. The number of aromatic nitrogens is 3. The molecule has 5 rings (SSSR count). The van der Waals surface area contributed by atoms with Gasteiger partial charge in [-0.2, -0.15) is 0 Å². The zero-order valence-electron chi connectivity index (χ0n) is 13.9. The molecule has 0 aliphatic carbocycles. The number of aliphatic hydroxyl groups excluding tert-OH is 1. The van der Waals surface area contributed by atoms with Gasteiger partial charge in [-0.3, -0.25) is 9.69 Å². The molecule has 0 radical (unpaired) electrons. The lowest BCUT2D eigenvalue weighted by Gasteiger charge is -2.21. The zero-order valence-corrected chi connectivity index (χ0v) is 13.9. The maximum atomic E-state index is 12.2. The Morgan fingerprint density at radius 3 is 2.96 bits per heavy atom. The molecule has 1 aliphatic heterocycles. The van der Waals surface area contributed by atoms with Crippen molar-refractivity contribution in [3.8, 4) is 11.5 Å². The monoisotopic (exact) mass is 348 g/mol. The third kappa shape index (κ3) is 2.21. The summed E-state index contributed by atoms with van der Waals surface area (Å²) >= 11 is 0. The maximum Gasteiger partial charge on any atom is 0.228 e. The summed E-state index contributed by atoms with van der Waals surface area (Å²) in [6.45, 7) is -0.0776. The van der Waals surface area contributed by atoms with E-state index in [0.717, 1.165) is 11.0 Å². The standard InChI is InChI=1S/C19H16N4O3/c24-11-13-5-8-19(25)22(13)18-7-6-17-20-10-14(23(17)21-18)16-9-12-3-1-2-4-15(12)26-16/h1-4,6-7,9-10,13,24H,5,8,11H2. The number of anilines is 1. The van der Waals surface area contributed by atoms with Gasteiger partial charge >= 0.3 is 0 Å². The van der Waals surface area contributed by atoms with Gasteiger partial charge in [0.05, 0.1) is 18.8 Å². The van der Waals surface area contributed by atoms with Gasteiger partial charge in [0.25, 0.3) is 0 Å². The highest BCUT2D eigenvalue weighted by Crippen LogP contribution is 2.30. The second-order valence-corrected chi connectivity index (χ2v) is 6.39. The molecule has 1 fully saturated rings. The average molecular weight is 348 g/mol. The summed E-state index contributed by atoms with van der Waals surface area (Å²) < 4.78 is 7.60. The Hall–Kier alpha value is -3.19. The van der Waals surface area contributed by atoms with Crippen LogP contribution in [0.15, 0.2) is 53.1 Å². The second kappa shape index (κ2) is 5.67. The summed E-state index contributed by atoms with van der Waals surface area (Å²) in [5.74, 6) is 1.14. The van der Waals surface area contributed by atoms with E-state index in [9.17, 15) is 9.90 Å². The average Bonchev–Trinajstić information content (AvgIpc) is 3.36. The first-order valence-electron chi connectivity index (χ1n) is 8.51. The zero-order chi connectivity index (χ0) is 17.7. The summed E-state index contributed by atoms with van der Waals surface area (Å²) in [5.41, 5.74) is 2.17. The number of aliphatic hydroxyl groups is 1. The number of rotatable bonds is 3. The molecule has 0 spiro atoms. The van der Waals surface area contributed by atoms with Gasteiger partial charge in [-0.1, -0.05) is 18.2 Å². The SMILES string of the molecule is O=C1CCC(CO)N1c1ccc2ncc(-c3cc4ccccc4o3)n2n1.